The maximum Gasteiger partial charge on any atom is 0.314 e. The first-order valence-electron chi connectivity index (χ1n) is 3.13. The number of hydrogen-bond donors (Lipinski definition) is 2. The molecule has 1 heterocycles. The zero-order chi connectivity index (χ0) is 7.61. The summed E-state index contributed by atoms with van der Waals surface area (Å²) < 4.78 is 4.87. The number of rotatable bonds is 2. The normalized spacial score (nSPS) is 32.5. The first-order valence-corrected chi connectivity index (χ1v) is 3.13. The van der Waals surface area contributed by atoms with E-state index in [9.17, 15) is 4.79 Å². The van der Waals surface area contributed by atoms with Crippen LogP contribution in [-0.2, 0) is 9.53 Å². The summed E-state index contributed by atoms with van der Waals surface area (Å²) in [5.41, 5.74) is -1.01. The van der Waals surface area contributed by atoms with Crippen molar-refractivity contribution in [2.24, 2.45) is 5.41 Å². The molecular formula is C6H10O4. The van der Waals surface area contributed by atoms with Gasteiger partial charge in [-0.25, -0.2) is 0 Å². The molecule has 0 amide bonds. The Labute approximate surface area is 58.4 Å². The number of carboxylic acid groups (broad SMARTS) is 1. The third-order valence-corrected chi connectivity index (χ3v) is 1.86. The first kappa shape index (κ1) is 7.50. The van der Waals surface area contributed by atoms with Crippen LogP contribution >= 0.6 is 0 Å². The molecule has 0 aliphatic carbocycles. The Hall–Kier alpha value is -0.610. The highest BCUT2D eigenvalue weighted by Crippen LogP contribution is 2.27. The third kappa shape index (κ3) is 0.998. The monoisotopic (exact) mass is 146 g/mol. The lowest BCUT2D eigenvalue weighted by atomic mass is 9.89. The van der Waals surface area contributed by atoms with Crippen LogP contribution in [0, 0.1) is 5.41 Å². The van der Waals surface area contributed by atoms with E-state index in [0.29, 0.717) is 13.0 Å². The minimum absolute atomic E-state index is 0.138. The fraction of sp³-hybridized carbons (Fsp3) is 0.833. The summed E-state index contributed by atoms with van der Waals surface area (Å²) in [6, 6.07) is 0. The summed E-state index contributed by atoms with van der Waals surface area (Å²) in [7, 11) is 0. The Balaban J connectivity index is 2.67. The molecule has 0 aromatic carbocycles. The fourth-order valence-electron chi connectivity index (χ4n) is 0.968. The van der Waals surface area contributed by atoms with Crippen LogP contribution in [0.4, 0.5) is 0 Å². The molecule has 58 valence electrons. The van der Waals surface area contributed by atoms with Crippen LogP contribution in [0.1, 0.15) is 6.42 Å². The van der Waals surface area contributed by atoms with Gasteiger partial charge in [0, 0.05) is 6.61 Å². The van der Waals surface area contributed by atoms with Gasteiger partial charge in [0.1, 0.15) is 5.41 Å². The molecule has 1 aliphatic rings. The maximum absolute atomic E-state index is 10.5. The number of ether oxygens (including phenoxy) is 1. The van der Waals surface area contributed by atoms with E-state index in [2.05, 4.69) is 0 Å². The van der Waals surface area contributed by atoms with Gasteiger partial charge in [0.2, 0.25) is 0 Å². The second-order valence-corrected chi connectivity index (χ2v) is 2.55. The van der Waals surface area contributed by atoms with Gasteiger partial charge >= 0.3 is 5.97 Å². The molecule has 10 heavy (non-hydrogen) atoms. The zero-order valence-corrected chi connectivity index (χ0v) is 5.54. The Morgan fingerprint density at radius 2 is 2.40 bits per heavy atom. The number of aliphatic carboxylic acids is 1. The van der Waals surface area contributed by atoms with Crippen LogP contribution in [0.25, 0.3) is 0 Å². The second-order valence-electron chi connectivity index (χ2n) is 2.55. The largest absolute Gasteiger partial charge is 0.481 e. The van der Waals surface area contributed by atoms with Crippen molar-refractivity contribution in [3.8, 4) is 0 Å². The molecule has 1 saturated heterocycles. The number of carbonyl (C=O) groups is 1. The topological polar surface area (TPSA) is 66.8 Å². The van der Waals surface area contributed by atoms with Gasteiger partial charge < -0.3 is 14.9 Å². The van der Waals surface area contributed by atoms with Gasteiger partial charge in [-0.05, 0) is 6.42 Å². The number of aliphatic hydroxyl groups is 1. The van der Waals surface area contributed by atoms with E-state index in [1.54, 1.807) is 0 Å². The highest BCUT2D eigenvalue weighted by atomic mass is 16.5. The van der Waals surface area contributed by atoms with Crippen molar-refractivity contribution in [2.45, 2.75) is 6.42 Å². The molecule has 2 N–H and O–H groups in total. The summed E-state index contributed by atoms with van der Waals surface area (Å²) in [6.07, 6.45) is 0.416. The molecule has 0 saturated carbocycles. The lowest BCUT2D eigenvalue weighted by Crippen LogP contribution is -2.35. The van der Waals surface area contributed by atoms with Crippen molar-refractivity contribution in [3.05, 3.63) is 0 Å². The molecule has 4 heteroatoms. The van der Waals surface area contributed by atoms with Gasteiger partial charge in [-0.2, -0.15) is 0 Å². The van der Waals surface area contributed by atoms with E-state index >= 15 is 0 Å². The van der Waals surface area contributed by atoms with E-state index in [1.807, 2.05) is 0 Å². The molecule has 0 spiro atoms. The minimum atomic E-state index is -1.01. The van der Waals surface area contributed by atoms with Crippen molar-refractivity contribution < 1.29 is 19.7 Å². The van der Waals surface area contributed by atoms with E-state index in [-0.39, 0.29) is 13.2 Å². The van der Waals surface area contributed by atoms with Gasteiger partial charge in [0.15, 0.2) is 0 Å². The Morgan fingerprint density at radius 1 is 1.70 bits per heavy atom. The predicted molar refractivity (Wildman–Crippen MR) is 32.6 cm³/mol. The summed E-state index contributed by atoms with van der Waals surface area (Å²) in [5.74, 6) is -0.965. The highest BCUT2D eigenvalue weighted by Gasteiger charge is 2.41. The molecule has 0 aromatic rings. The second kappa shape index (κ2) is 2.56. The predicted octanol–water partition coefficient (Wildman–Crippen LogP) is -0.530. The molecule has 1 fully saturated rings. The lowest BCUT2D eigenvalue weighted by molar-refractivity contribution is -0.151. The van der Waals surface area contributed by atoms with Crippen LogP contribution in [0.3, 0.4) is 0 Å². The Bertz CT molecular complexity index is 137. The molecule has 1 aliphatic heterocycles. The molecule has 4 nitrogen and oxygen atoms in total. The van der Waals surface area contributed by atoms with Crippen molar-refractivity contribution in [2.75, 3.05) is 19.8 Å². The molecule has 0 aromatic heterocycles. The Kier molecular flexibility index (Phi) is 1.92. The van der Waals surface area contributed by atoms with Crippen LogP contribution < -0.4 is 0 Å². The van der Waals surface area contributed by atoms with Gasteiger partial charge in [0.25, 0.3) is 0 Å². The third-order valence-electron chi connectivity index (χ3n) is 1.86. The molecule has 1 atom stereocenters. The van der Waals surface area contributed by atoms with Crippen molar-refractivity contribution in [1.82, 2.24) is 0 Å². The highest BCUT2D eigenvalue weighted by molar-refractivity contribution is 5.75. The summed E-state index contributed by atoms with van der Waals surface area (Å²) in [5, 5.41) is 17.3. The fourth-order valence-corrected chi connectivity index (χ4v) is 0.968. The standard InChI is InChI=1S/C6H10O4/c7-3-6(5(8)9)1-2-10-4-6/h7H,1-4H2,(H,8,9)/t6-/m1/s1. The minimum Gasteiger partial charge on any atom is -0.481 e. The smallest absolute Gasteiger partial charge is 0.314 e. The molecular weight excluding hydrogens is 136 g/mol. The molecule has 0 bridgehead atoms. The van der Waals surface area contributed by atoms with Crippen LogP contribution in [0.5, 0.6) is 0 Å². The number of aliphatic hydroxyl groups excluding tert-OH is 1. The van der Waals surface area contributed by atoms with Crippen LogP contribution in [0.15, 0.2) is 0 Å². The van der Waals surface area contributed by atoms with Gasteiger partial charge in [-0.15, -0.1) is 0 Å². The molecule has 0 radical (unpaired) electrons. The molecule has 1 rings (SSSR count). The molecule has 0 unspecified atom stereocenters. The van der Waals surface area contributed by atoms with Crippen molar-refractivity contribution in [1.29, 1.82) is 0 Å². The van der Waals surface area contributed by atoms with Crippen molar-refractivity contribution >= 4 is 5.97 Å². The average molecular weight is 146 g/mol. The summed E-state index contributed by atoms with van der Waals surface area (Å²) >= 11 is 0. The Morgan fingerprint density at radius 3 is 2.60 bits per heavy atom. The SMILES string of the molecule is O=C(O)[C@@]1(CO)CCOC1. The number of carboxylic acids is 1. The van der Waals surface area contributed by atoms with Gasteiger partial charge in [0.05, 0.1) is 13.2 Å². The lowest BCUT2D eigenvalue weighted by Gasteiger charge is -2.17. The zero-order valence-electron chi connectivity index (χ0n) is 5.54. The van der Waals surface area contributed by atoms with E-state index in [4.69, 9.17) is 14.9 Å². The first-order chi connectivity index (χ1) is 4.71. The van der Waals surface area contributed by atoms with Crippen LogP contribution in [-0.4, -0.2) is 36.0 Å². The summed E-state index contributed by atoms with van der Waals surface area (Å²) in [6.45, 7) is 0.244. The van der Waals surface area contributed by atoms with Crippen LogP contribution in [0.2, 0.25) is 0 Å². The van der Waals surface area contributed by atoms with Gasteiger partial charge in [-0.3, -0.25) is 4.79 Å². The summed E-state index contributed by atoms with van der Waals surface area (Å²) in [4.78, 5) is 10.5. The maximum atomic E-state index is 10.5. The van der Waals surface area contributed by atoms with E-state index < -0.39 is 11.4 Å². The van der Waals surface area contributed by atoms with E-state index in [1.165, 1.54) is 0 Å². The van der Waals surface area contributed by atoms with Crippen molar-refractivity contribution in [3.63, 3.8) is 0 Å². The quantitative estimate of drug-likeness (QED) is 0.549. The van der Waals surface area contributed by atoms with E-state index in [0.717, 1.165) is 0 Å². The average Bonchev–Trinajstić information content (AvgIpc) is 2.35. The van der Waals surface area contributed by atoms with Gasteiger partial charge in [-0.1, -0.05) is 0 Å². The number of hydrogen-bond acceptors (Lipinski definition) is 3.